The first kappa shape index (κ1) is 16.2. The lowest BCUT2D eigenvalue weighted by molar-refractivity contribution is -0.118. The molecule has 130 valence electrons. The minimum Gasteiger partial charge on any atom is -0.455 e. The largest absolute Gasteiger partial charge is 0.455 e. The number of aryl methyl sites for hydroxylation is 1. The van der Waals surface area contributed by atoms with E-state index in [4.69, 9.17) is 4.74 Å². The molecule has 0 radical (unpaired) electrons. The van der Waals surface area contributed by atoms with Crippen LogP contribution >= 0.6 is 0 Å². The second-order valence-electron chi connectivity index (χ2n) is 7.27. The molecule has 1 heterocycles. The Labute approximate surface area is 148 Å². The Morgan fingerprint density at radius 1 is 1.16 bits per heavy atom. The average Bonchev–Trinajstić information content (AvgIpc) is 3.32. The van der Waals surface area contributed by atoms with E-state index in [1.807, 2.05) is 55.5 Å². The highest BCUT2D eigenvalue weighted by molar-refractivity contribution is 5.96. The first-order valence-electron chi connectivity index (χ1n) is 9.01. The lowest BCUT2D eigenvalue weighted by Crippen LogP contribution is -2.31. The monoisotopic (exact) mass is 336 g/mol. The fraction of sp³-hybridized carbons (Fsp3) is 0.381. The van der Waals surface area contributed by atoms with Gasteiger partial charge in [-0.3, -0.25) is 4.79 Å². The second kappa shape index (κ2) is 6.52. The Morgan fingerprint density at radius 3 is 2.68 bits per heavy atom. The Bertz CT molecular complexity index is 767. The zero-order valence-corrected chi connectivity index (χ0v) is 14.5. The fourth-order valence-corrected chi connectivity index (χ4v) is 3.86. The number of para-hydroxylation sites is 1. The third-order valence-corrected chi connectivity index (χ3v) is 5.47. The van der Waals surface area contributed by atoms with Crippen molar-refractivity contribution in [2.24, 2.45) is 11.3 Å². The average molecular weight is 336 g/mol. The summed E-state index contributed by atoms with van der Waals surface area (Å²) in [6.07, 6.45) is 3.22. The molecule has 1 amide bonds. The van der Waals surface area contributed by atoms with Crippen molar-refractivity contribution < 1.29 is 9.53 Å². The van der Waals surface area contributed by atoms with E-state index in [-0.39, 0.29) is 17.2 Å². The van der Waals surface area contributed by atoms with Crippen molar-refractivity contribution in [3.8, 4) is 11.5 Å². The summed E-state index contributed by atoms with van der Waals surface area (Å²) in [5.41, 5.74) is 2.09. The number of piperidine rings is 1. The number of carbonyl (C=O) groups excluding carboxylic acids is 1. The highest BCUT2D eigenvalue weighted by Gasteiger charge is 2.57. The van der Waals surface area contributed by atoms with Crippen LogP contribution < -0.4 is 15.4 Å². The van der Waals surface area contributed by atoms with E-state index < -0.39 is 0 Å². The summed E-state index contributed by atoms with van der Waals surface area (Å²) in [7, 11) is 0. The van der Waals surface area contributed by atoms with E-state index in [1.54, 1.807) is 0 Å². The molecule has 4 heteroatoms. The van der Waals surface area contributed by atoms with Gasteiger partial charge in [-0.25, -0.2) is 0 Å². The molecule has 1 atom stereocenters. The molecule has 25 heavy (non-hydrogen) atoms. The van der Waals surface area contributed by atoms with Crippen LogP contribution in [-0.2, 0) is 4.79 Å². The summed E-state index contributed by atoms with van der Waals surface area (Å²) in [6, 6.07) is 15.6. The fourth-order valence-electron chi connectivity index (χ4n) is 3.86. The quantitative estimate of drug-likeness (QED) is 0.883. The van der Waals surface area contributed by atoms with Crippen molar-refractivity contribution in [3.05, 3.63) is 54.1 Å². The smallest absolute Gasteiger partial charge is 0.228 e. The van der Waals surface area contributed by atoms with Gasteiger partial charge in [0.1, 0.15) is 5.75 Å². The van der Waals surface area contributed by atoms with Crippen molar-refractivity contribution in [2.75, 3.05) is 18.4 Å². The van der Waals surface area contributed by atoms with Gasteiger partial charge in [0.15, 0.2) is 5.75 Å². The number of hydrogen-bond donors (Lipinski definition) is 2. The van der Waals surface area contributed by atoms with Gasteiger partial charge in [0.2, 0.25) is 5.91 Å². The van der Waals surface area contributed by atoms with Crippen molar-refractivity contribution in [3.63, 3.8) is 0 Å². The SMILES string of the molecule is Cc1ccc(Oc2ccccc2)c(NC(=O)C2CC23CCNCC3)c1. The Morgan fingerprint density at radius 2 is 1.92 bits per heavy atom. The third kappa shape index (κ3) is 3.40. The van der Waals surface area contributed by atoms with E-state index in [1.165, 1.54) is 0 Å². The van der Waals surface area contributed by atoms with Crippen LogP contribution in [0.1, 0.15) is 24.8 Å². The normalized spacial score (nSPS) is 20.9. The number of anilines is 1. The zero-order valence-electron chi connectivity index (χ0n) is 14.5. The van der Waals surface area contributed by atoms with Gasteiger partial charge in [-0.05, 0) is 74.5 Å². The van der Waals surface area contributed by atoms with Gasteiger partial charge in [0.25, 0.3) is 0 Å². The summed E-state index contributed by atoms with van der Waals surface area (Å²) >= 11 is 0. The number of rotatable bonds is 4. The second-order valence-corrected chi connectivity index (χ2v) is 7.27. The maximum absolute atomic E-state index is 12.8. The van der Waals surface area contributed by atoms with Crippen molar-refractivity contribution in [1.82, 2.24) is 5.32 Å². The molecule has 1 spiro atoms. The predicted molar refractivity (Wildman–Crippen MR) is 99.0 cm³/mol. The molecule has 4 rings (SSSR count). The molecule has 2 aliphatic rings. The topological polar surface area (TPSA) is 50.4 Å². The lowest BCUT2D eigenvalue weighted by atomic mass is 9.92. The summed E-state index contributed by atoms with van der Waals surface area (Å²) in [5, 5.41) is 6.50. The van der Waals surface area contributed by atoms with Crippen LogP contribution in [0, 0.1) is 18.3 Å². The van der Waals surface area contributed by atoms with E-state index in [2.05, 4.69) is 10.6 Å². The van der Waals surface area contributed by atoms with E-state index in [0.29, 0.717) is 5.75 Å². The molecular formula is C21H24N2O2. The number of benzene rings is 2. The molecule has 1 unspecified atom stereocenters. The Balaban J connectivity index is 1.50. The molecule has 0 aromatic heterocycles. The van der Waals surface area contributed by atoms with E-state index >= 15 is 0 Å². The summed E-state index contributed by atoms with van der Waals surface area (Å²) in [4.78, 5) is 12.8. The predicted octanol–water partition coefficient (Wildman–Crippen LogP) is 4.12. The molecular weight excluding hydrogens is 312 g/mol. The third-order valence-electron chi connectivity index (χ3n) is 5.47. The summed E-state index contributed by atoms with van der Waals surface area (Å²) in [6.45, 7) is 4.07. The maximum Gasteiger partial charge on any atom is 0.228 e. The van der Waals surface area contributed by atoms with Crippen LogP contribution in [0.15, 0.2) is 48.5 Å². The Hall–Kier alpha value is -2.33. The number of hydrogen-bond acceptors (Lipinski definition) is 3. The van der Waals surface area contributed by atoms with Gasteiger partial charge in [-0.2, -0.15) is 0 Å². The molecule has 2 N–H and O–H groups in total. The zero-order chi connectivity index (χ0) is 17.3. The first-order chi connectivity index (χ1) is 12.2. The molecule has 0 bridgehead atoms. The number of amides is 1. The molecule has 1 saturated heterocycles. The molecule has 2 fully saturated rings. The van der Waals surface area contributed by atoms with Gasteiger partial charge in [-0.1, -0.05) is 24.3 Å². The van der Waals surface area contributed by atoms with Crippen LogP contribution in [0.25, 0.3) is 0 Å². The van der Waals surface area contributed by atoms with Gasteiger partial charge in [0.05, 0.1) is 5.69 Å². The minimum absolute atomic E-state index is 0.130. The number of ether oxygens (including phenoxy) is 1. The molecule has 2 aromatic carbocycles. The number of nitrogens with one attached hydrogen (secondary N) is 2. The van der Waals surface area contributed by atoms with Crippen LogP contribution in [0.3, 0.4) is 0 Å². The number of carbonyl (C=O) groups is 1. The molecule has 1 aliphatic carbocycles. The maximum atomic E-state index is 12.8. The first-order valence-corrected chi connectivity index (χ1v) is 9.01. The highest BCUT2D eigenvalue weighted by Crippen LogP contribution is 2.58. The standard InChI is InChI=1S/C21H24N2O2/c1-15-7-8-19(25-16-5-3-2-4-6-16)18(13-15)23-20(24)17-14-21(17)9-11-22-12-10-21/h2-8,13,17,22H,9-12,14H2,1H3,(H,23,24). The lowest BCUT2D eigenvalue weighted by Gasteiger charge is -2.23. The van der Waals surface area contributed by atoms with Crippen molar-refractivity contribution in [1.29, 1.82) is 0 Å². The van der Waals surface area contributed by atoms with Gasteiger partial charge in [-0.15, -0.1) is 0 Å². The van der Waals surface area contributed by atoms with Crippen LogP contribution in [-0.4, -0.2) is 19.0 Å². The van der Waals surface area contributed by atoms with Crippen molar-refractivity contribution >= 4 is 11.6 Å². The van der Waals surface area contributed by atoms with Crippen LogP contribution in [0.2, 0.25) is 0 Å². The Kier molecular flexibility index (Phi) is 4.22. The molecule has 1 aliphatic heterocycles. The summed E-state index contributed by atoms with van der Waals surface area (Å²) in [5.74, 6) is 1.72. The molecule has 4 nitrogen and oxygen atoms in total. The van der Waals surface area contributed by atoms with Crippen LogP contribution in [0.4, 0.5) is 5.69 Å². The van der Waals surface area contributed by atoms with E-state index in [9.17, 15) is 4.79 Å². The van der Waals surface area contributed by atoms with Crippen molar-refractivity contribution in [2.45, 2.75) is 26.2 Å². The molecule has 1 saturated carbocycles. The summed E-state index contributed by atoms with van der Waals surface area (Å²) < 4.78 is 5.98. The van der Waals surface area contributed by atoms with Gasteiger partial charge in [0, 0.05) is 5.92 Å². The van der Waals surface area contributed by atoms with Crippen LogP contribution in [0.5, 0.6) is 11.5 Å². The van der Waals surface area contributed by atoms with E-state index in [0.717, 1.165) is 49.4 Å². The minimum atomic E-state index is 0.130. The van der Waals surface area contributed by atoms with Gasteiger partial charge < -0.3 is 15.4 Å². The highest BCUT2D eigenvalue weighted by atomic mass is 16.5. The van der Waals surface area contributed by atoms with Gasteiger partial charge >= 0.3 is 0 Å². The molecule has 2 aromatic rings.